The van der Waals surface area contributed by atoms with Gasteiger partial charge in [0.2, 0.25) is 5.28 Å². The maximum Gasteiger partial charge on any atom is 0.226 e. The minimum absolute atomic E-state index is 0.210. The normalized spacial score (nSPS) is 21.4. The lowest BCUT2D eigenvalue weighted by atomic mass is 9.99. The lowest BCUT2D eigenvalue weighted by Crippen LogP contribution is -2.57. The van der Waals surface area contributed by atoms with Crippen LogP contribution >= 0.6 is 11.6 Å². The molecule has 2 aromatic rings. The van der Waals surface area contributed by atoms with Crippen LogP contribution in [0, 0.1) is 0 Å². The summed E-state index contributed by atoms with van der Waals surface area (Å²) in [6, 6.07) is 0. The summed E-state index contributed by atoms with van der Waals surface area (Å²) in [6.45, 7) is 9.78. The fraction of sp³-hybridized carbons (Fsp3) is 0.615. The number of nitrogens with zero attached hydrogens (tertiary/aromatic N) is 4. The molecular weight excluding hydrogens is 278 g/mol. The number of hydrogen-bond acceptors (Lipinski definition) is 5. The molecule has 7 heteroatoms. The van der Waals surface area contributed by atoms with Crippen LogP contribution < -0.4 is 4.90 Å². The van der Waals surface area contributed by atoms with Crippen LogP contribution in [0.25, 0.3) is 11.2 Å². The molecule has 1 saturated heterocycles. The maximum absolute atomic E-state index is 6.09. The summed E-state index contributed by atoms with van der Waals surface area (Å²) in [4.78, 5) is 17.9. The van der Waals surface area contributed by atoms with Gasteiger partial charge in [-0.1, -0.05) is 0 Å². The molecule has 1 aliphatic heterocycles. The molecule has 0 atom stereocenters. The number of ether oxygens (including phenoxy) is 1. The molecular formula is C13H18ClN5O. The van der Waals surface area contributed by atoms with E-state index in [0.717, 1.165) is 24.4 Å². The summed E-state index contributed by atoms with van der Waals surface area (Å²) in [5.74, 6) is 0.780. The van der Waals surface area contributed by atoms with Crippen LogP contribution in [-0.2, 0) is 4.74 Å². The average Bonchev–Trinajstić information content (AvgIpc) is 2.71. The van der Waals surface area contributed by atoms with Gasteiger partial charge < -0.3 is 14.6 Å². The summed E-state index contributed by atoms with van der Waals surface area (Å²) < 4.78 is 6.09. The predicted molar refractivity (Wildman–Crippen MR) is 78.1 cm³/mol. The molecule has 0 unspecified atom stereocenters. The Morgan fingerprint density at radius 2 is 1.85 bits per heavy atom. The summed E-state index contributed by atoms with van der Waals surface area (Å²) in [7, 11) is 0. The number of imidazole rings is 1. The first kappa shape index (κ1) is 13.6. The van der Waals surface area contributed by atoms with Crippen LogP contribution in [0.5, 0.6) is 0 Å². The quantitative estimate of drug-likeness (QED) is 0.818. The molecule has 0 amide bonds. The van der Waals surface area contributed by atoms with E-state index < -0.39 is 0 Å². The molecule has 0 aromatic carbocycles. The zero-order valence-electron chi connectivity index (χ0n) is 12.1. The Kier molecular flexibility index (Phi) is 2.92. The molecule has 0 bridgehead atoms. The number of H-pyrrole nitrogens is 1. The van der Waals surface area contributed by atoms with Crippen molar-refractivity contribution in [2.75, 3.05) is 18.0 Å². The van der Waals surface area contributed by atoms with E-state index in [1.165, 1.54) is 0 Å². The second kappa shape index (κ2) is 4.30. The average molecular weight is 296 g/mol. The highest BCUT2D eigenvalue weighted by atomic mass is 35.5. The van der Waals surface area contributed by atoms with Crippen LogP contribution in [0.3, 0.4) is 0 Å². The van der Waals surface area contributed by atoms with E-state index in [4.69, 9.17) is 16.3 Å². The van der Waals surface area contributed by atoms with E-state index in [9.17, 15) is 0 Å². The highest BCUT2D eigenvalue weighted by Crippen LogP contribution is 2.33. The van der Waals surface area contributed by atoms with Crippen molar-refractivity contribution in [2.45, 2.75) is 38.9 Å². The standard InChI is InChI=1S/C13H18ClN5O/c1-12(2)5-19(6-13(3,4)20-12)10-8-9(16-7-15-8)17-11(14)18-10/h7H,5-6H2,1-4H3,(H,15,16,17,18). The molecule has 6 nitrogen and oxygen atoms in total. The summed E-state index contributed by atoms with van der Waals surface area (Å²) in [6.07, 6.45) is 1.61. The van der Waals surface area contributed by atoms with Gasteiger partial charge in [0.1, 0.15) is 5.52 Å². The van der Waals surface area contributed by atoms with Gasteiger partial charge in [-0.05, 0) is 39.3 Å². The number of aromatic nitrogens is 4. The van der Waals surface area contributed by atoms with Gasteiger partial charge in [-0.15, -0.1) is 0 Å². The minimum atomic E-state index is -0.258. The smallest absolute Gasteiger partial charge is 0.226 e. The zero-order valence-corrected chi connectivity index (χ0v) is 12.8. The van der Waals surface area contributed by atoms with Gasteiger partial charge in [0.05, 0.1) is 17.5 Å². The second-order valence-electron chi connectivity index (χ2n) is 6.39. The zero-order chi connectivity index (χ0) is 14.5. The number of rotatable bonds is 1. The Balaban J connectivity index is 2.08. The summed E-state index contributed by atoms with van der Waals surface area (Å²) in [5, 5.41) is 0.210. The molecule has 1 fully saturated rings. The monoisotopic (exact) mass is 295 g/mol. The fourth-order valence-electron chi connectivity index (χ4n) is 2.96. The van der Waals surface area contributed by atoms with Crippen molar-refractivity contribution < 1.29 is 4.74 Å². The number of aromatic amines is 1. The molecule has 3 rings (SSSR count). The number of nitrogens with one attached hydrogen (secondary N) is 1. The molecule has 2 aromatic heterocycles. The maximum atomic E-state index is 6.09. The van der Waals surface area contributed by atoms with Crippen LogP contribution in [-0.4, -0.2) is 44.2 Å². The van der Waals surface area contributed by atoms with Crippen LogP contribution in [0.4, 0.5) is 5.82 Å². The van der Waals surface area contributed by atoms with E-state index in [1.54, 1.807) is 6.33 Å². The topological polar surface area (TPSA) is 66.9 Å². The van der Waals surface area contributed by atoms with Crippen molar-refractivity contribution in [1.82, 2.24) is 19.9 Å². The van der Waals surface area contributed by atoms with Gasteiger partial charge in [0.25, 0.3) is 0 Å². The van der Waals surface area contributed by atoms with Gasteiger partial charge >= 0.3 is 0 Å². The van der Waals surface area contributed by atoms with Crippen molar-refractivity contribution in [2.24, 2.45) is 0 Å². The lowest BCUT2D eigenvalue weighted by molar-refractivity contribution is -0.133. The summed E-state index contributed by atoms with van der Waals surface area (Å²) in [5.41, 5.74) is 0.877. The van der Waals surface area contributed by atoms with Crippen molar-refractivity contribution in [1.29, 1.82) is 0 Å². The molecule has 0 saturated carbocycles. The molecule has 1 aliphatic rings. The highest BCUT2D eigenvalue weighted by Gasteiger charge is 2.39. The summed E-state index contributed by atoms with van der Waals surface area (Å²) >= 11 is 6.01. The number of anilines is 1. The molecule has 1 N–H and O–H groups in total. The molecule has 20 heavy (non-hydrogen) atoms. The fourth-order valence-corrected chi connectivity index (χ4v) is 3.12. The molecule has 0 aliphatic carbocycles. The van der Waals surface area contributed by atoms with Gasteiger partial charge in [-0.2, -0.15) is 9.97 Å². The van der Waals surface area contributed by atoms with E-state index in [0.29, 0.717) is 5.65 Å². The first-order valence-electron chi connectivity index (χ1n) is 6.58. The second-order valence-corrected chi connectivity index (χ2v) is 6.73. The Labute approximate surface area is 122 Å². The van der Waals surface area contributed by atoms with Crippen molar-refractivity contribution in [3.63, 3.8) is 0 Å². The Bertz CT molecular complexity index is 635. The van der Waals surface area contributed by atoms with Crippen molar-refractivity contribution in [3.05, 3.63) is 11.6 Å². The molecule has 3 heterocycles. The predicted octanol–water partition coefficient (Wildman–Crippen LogP) is 2.40. The number of halogens is 1. The third-order valence-corrected chi connectivity index (χ3v) is 3.40. The van der Waals surface area contributed by atoms with Crippen molar-refractivity contribution in [3.8, 4) is 0 Å². The van der Waals surface area contributed by atoms with Crippen LogP contribution in [0.15, 0.2) is 6.33 Å². The number of hydrogen-bond donors (Lipinski definition) is 1. The number of morpholine rings is 1. The number of fused-ring (bicyclic) bond motifs is 1. The third kappa shape index (κ3) is 2.45. The van der Waals surface area contributed by atoms with Gasteiger partial charge in [-0.25, -0.2) is 4.98 Å². The Morgan fingerprint density at radius 1 is 1.20 bits per heavy atom. The van der Waals surface area contributed by atoms with Crippen LogP contribution in [0.1, 0.15) is 27.7 Å². The third-order valence-electron chi connectivity index (χ3n) is 3.23. The molecule has 0 radical (unpaired) electrons. The van der Waals surface area contributed by atoms with E-state index >= 15 is 0 Å². The Hall–Kier alpha value is -1.40. The molecule has 0 spiro atoms. The first-order valence-corrected chi connectivity index (χ1v) is 6.95. The van der Waals surface area contributed by atoms with E-state index in [2.05, 4.69) is 52.5 Å². The van der Waals surface area contributed by atoms with Crippen molar-refractivity contribution >= 4 is 28.6 Å². The lowest BCUT2D eigenvalue weighted by Gasteiger charge is -2.47. The SMILES string of the molecule is CC1(C)CN(c2nc(Cl)nc3nc[nH]c23)CC(C)(C)O1. The van der Waals surface area contributed by atoms with Gasteiger partial charge in [-0.3, -0.25) is 0 Å². The minimum Gasteiger partial charge on any atom is -0.366 e. The Morgan fingerprint density at radius 3 is 2.50 bits per heavy atom. The van der Waals surface area contributed by atoms with E-state index in [-0.39, 0.29) is 16.5 Å². The molecule has 108 valence electrons. The highest BCUT2D eigenvalue weighted by molar-refractivity contribution is 6.28. The van der Waals surface area contributed by atoms with Gasteiger partial charge in [0, 0.05) is 13.1 Å². The first-order chi connectivity index (χ1) is 9.26. The largest absolute Gasteiger partial charge is 0.366 e. The van der Waals surface area contributed by atoms with E-state index in [1.807, 2.05) is 0 Å². The van der Waals surface area contributed by atoms with Crippen LogP contribution in [0.2, 0.25) is 5.28 Å². The van der Waals surface area contributed by atoms with Gasteiger partial charge in [0.15, 0.2) is 11.5 Å².